The van der Waals surface area contributed by atoms with Gasteiger partial charge in [0.15, 0.2) is 0 Å². The summed E-state index contributed by atoms with van der Waals surface area (Å²) in [4.78, 5) is 13.8. The zero-order chi connectivity index (χ0) is 16.5. The van der Waals surface area contributed by atoms with Crippen LogP contribution in [-0.4, -0.2) is 28.8 Å². The number of nitrogens with zero attached hydrogens (tertiary/aromatic N) is 3. The third kappa shape index (κ3) is 3.02. The Morgan fingerprint density at radius 3 is 2.62 bits per heavy atom. The van der Waals surface area contributed by atoms with Crippen LogP contribution in [0.4, 0.5) is 5.95 Å². The monoisotopic (exact) mass is 320 g/mol. The second-order valence-electron chi connectivity index (χ2n) is 6.26. The van der Waals surface area contributed by atoms with E-state index in [4.69, 9.17) is 14.7 Å². The standard InChI is InChI=1S/C19H20N4O/c1-12-11-16(17-9-10-20-19(23-17)22-14-5-6-14)18(21-12)13-3-7-15(24-2)8-4-13/h3-4,7-10,14H,5-6,11H2,1-2H3,(H,20,22,23). The number of hydrogen-bond acceptors (Lipinski definition) is 5. The summed E-state index contributed by atoms with van der Waals surface area (Å²) in [5, 5.41) is 3.36. The van der Waals surface area contributed by atoms with E-state index in [1.807, 2.05) is 36.5 Å². The molecule has 5 heteroatoms. The number of aromatic nitrogens is 2. The van der Waals surface area contributed by atoms with Crippen LogP contribution >= 0.6 is 0 Å². The molecule has 2 heterocycles. The molecular formula is C19H20N4O. The van der Waals surface area contributed by atoms with Gasteiger partial charge in [0.2, 0.25) is 5.95 Å². The van der Waals surface area contributed by atoms with Gasteiger partial charge in [-0.25, -0.2) is 9.97 Å². The third-order valence-electron chi connectivity index (χ3n) is 4.26. The molecule has 1 N–H and O–H groups in total. The van der Waals surface area contributed by atoms with E-state index in [-0.39, 0.29) is 0 Å². The fourth-order valence-corrected chi connectivity index (χ4v) is 2.84. The smallest absolute Gasteiger partial charge is 0.223 e. The summed E-state index contributed by atoms with van der Waals surface area (Å²) in [6.45, 7) is 2.06. The van der Waals surface area contributed by atoms with Crippen molar-refractivity contribution in [3.8, 4) is 5.75 Å². The zero-order valence-corrected chi connectivity index (χ0v) is 13.9. The summed E-state index contributed by atoms with van der Waals surface area (Å²) in [5.74, 6) is 1.55. The largest absolute Gasteiger partial charge is 0.497 e. The molecule has 0 bridgehead atoms. The van der Waals surface area contributed by atoms with Crippen LogP contribution in [0.25, 0.3) is 11.3 Å². The van der Waals surface area contributed by atoms with E-state index in [1.54, 1.807) is 7.11 Å². The maximum Gasteiger partial charge on any atom is 0.223 e. The highest BCUT2D eigenvalue weighted by Gasteiger charge is 2.23. The van der Waals surface area contributed by atoms with E-state index in [0.29, 0.717) is 12.0 Å². The lowest BCUT2D eigenvalue weighted by Crippen LogP contribution is -2.06. The van der Waals surface area contributed by atoms with Gasteiger partial charge < -0.3 is 10.1 Å². The molecule has 2 aromatic rings. The van der Waals surface area contributed by atoms with Crippen molar-refractivity contribution in [2.24, 2.45) is 4.99 Å². The minimum atomic E-state index is 0.539. The fourth-order valence-electron chi connectivity index (χ4n) is 2.84. The van der Waals surface area contributed by atoms with Crippen LogP contribution in [0.15, 0.2) is 41.5 Å². The Hall–Kier alpha value is -2.69. The predicted octanol–water partition coefficient (Wildman–Crippen LogP) is 3.79. The summed E-state index contributed by atoms with van der Waals surface area (Å²) >= 11 is 0. The number of nitrogens with one attached hydrogen (secondary N) is 1. The third-order valence-corrected chi connectivity index (χ3v) is 4.26. The molecule has 5 nitrogen and oxygen atoms in total. The Morgan fingerprint density at radius 2 is 1.92 bits per heavy atom. The first-order chi connectivity index (χ1) is 11.7. The number of ether oxygens (including phenoxy) is 1. The van der Waals surface area contributed by atoms with E-state index >= 15 is 0 Å². The lowest BCUT2D eigenvalue weighted by Gasteiger charge is -2.09. The molecule has 1 saturated carbocycles. The van der Waals surface area contributed by atoms with Crippen molar-refractivity contribution in [3.05, 3.63) is 47.8 Å². The Morgan fingerprint density at radius 1 is 1.12 bits per heavy atom. The van der Waals surface area contributed by atoms with Gasteiger partial charge in [0, 0.05) is 35.5 Å². The highest BCUT2D eigenvalue weighted by Crippen LogP contribution is 2.35. The first kappa shape index (κ1) is 14.9. The second-order valence-corrected chi connectivity index (χ2v) is 6.26. The minimum absolute atomic E-state index is 0.539. The maximum absolute atomic E-state index is 5.24. The molecule has 0 radical (unpaired) electrons. The highest BCUT2D eigenvalue weighted by atomic mass is 16.5. The van der Waals surface area contributed by atoms with Gasteiger partial charge in [-0.15, -0.1) is 0 Å². The van der Waals surface area contributed by atoms with Gasteiger partial charge >= 0.3 is 0 Å². The summed E-state index contributed by atoms with van der Waals surface area (Å²) in [6, 6.07) is 10.5. The van der Waals surface area contributed by atoms with Crippen molar-refractivity contribution in [1.82, 2.24) is 9.97 Å². The molecule has 1 fully saturated rings. The average molecular weight is 320 g/mol. The molecule has 1 aliphatic heterocycles. The van der Waals surface area contributed by atoms with Crippen molar-refractivity contribution < 1.29 is 4.74 Å². The van der Waals surface area contributed by atoms with Gasteiger partial charge in [0.05, 0.1) is 18.5 Å². The van der Waals surface area contributed by atoms with Crippen molar-refractivity contribution in [1.29, 1.82) is 0 Å². The predicted molar refractivity (Wildman–Crippen MR) is 96.2 cm³/mol. The van der Waals surface area contributed by atoms with Crippen LogP contribution < -0.4 is 10.1 Å². The van der Waals surface area contributed by atoms with Crippen LogP contribution in [-0.2, 0) is 0 Å². The molecule has 0 unspecified atom stereocenters. The van der Waals surface area contributed by atoms with Crippen molar-refractivity contribution in [2.75, 3.05) is 12.4 Å². The van der Waals surface area contributed by atoms with Gasteiger partial charge in [-0.2, -0.15) is 0 Å². The molecule has 122 valence electrons. The molecule has 4 rings (SSSR count). The van der Waals surface area contributed by atoms with Crippen molar-refractivity contribution in [3.63, 3.8) is 0 Å². The van der Waals surface area contributed by atoms with E-state index in [2.05, 4.69) is 17.2 Å². The molecule has 0 spiro atoms. The van der Waals surface area contributed by atoms with E-state index < -0.39 is 0 Å². The molecule has 0 amide bonds. The Labute approximate surface area is 141 Å². The molecule has 2 aliphatic rings. The zero-order valence-electron chi connectivity index (χ0n) is 13.9. The number of aliphatic imine (C=N–C) groups is 1. The molecule has 1 aromatic heterocycles. The number of hydrogen-bond donors (Lipinski definition) is 1. The van der Waals surface area contributed by atoms with E-state index in [1.165, 1.54) is 12.8 Å². The van der Waals surface area contributed by atoms with Gasteiger partial charge in [0.1, 0.15) is 5.75 Å². The number of benzene rings is 1. The molecule has 0 saturated heterocycles. The number of rotatable bonds is 5. The molecule has 1 aliphatic carbocycles. The number of allylic oxidation sites excluding steroid dienone is 1. The van der Waals surface area contributed by atoms with Gasteiger partial charge in [0.25, 0.3) is 0 Å². The first-order valence-corrected chi connectivity index (χ1v) is 8.24. The number of anilines is 1. The fraction of sp³-hybridized carbons (Fsp3) is 0.316. The number of methoxy groups -OCH3 is 1. The van der Waals surface area contributed by atoms with E-state index in [9.17, 15) is 0 Å². The summed E-state index contributed by atoms with van der Waals surface area (Å²) in [5.41, 5.74) is 5.27. The van der Waals surface area contributed by atoms with Crippen LogP contribution in [0.3, 0.4) is 0 Å². The van der Waals surface area contributed by atoms with Crippen LogP contribution in [0, 0.1) is 0 Å². The second kappa shape index (κ2) is 6.07. The minimum Gasteiger partial charge on any atom is -0.497 e. The summed E-state index contributed by atoms with van der Waals surface area (Å²) < 4.78 is 5.24. The van der Waals surface area contributed by atoms with Crippen molar-refractivity contribution in [2.45, 2.75) is 32.2 Å². The Bertz CT molecular complexity index is 820. The average Bonchev–Trinajstić information content (AvgIpc) is 3.34. The van der Waals surface area contributed by atoms with Crippen LogP contribution in [0.2, 0.25) is 0 Å². The van der Waals surface area contributed by atoms with Gasteiger partial charge in [-0.05, 0) is 50.1 Å². The quantitative estimate of drug-likeness (QED) is 0.910. The first-order valence-electron chi connectivity index (χ1n) is 8.24. The molecular weight excluding hydrogens is 300 g/mol. The molecule has 1 aromatic carbocycles. The SMILES string of the molecule is COc1ccc(C2=C(c3ccnc(NC4CC4)n3)CC(C)=N2)cc1. The van der Waals surface area contributed by atoms with E-state index in [0.717, 1.165) is 40.4 Å². The topological polar surface area (TPSA) is 59.4 Å². The lowest BCUT2D eigenvalue weighted by atomic mass is 10.0. The summed E-state index contributed by atoms with van der Waals surface area (Å²) in [7, 11) is 1.67. The Kier molecular flexibility index (Phi) is 3.76. The molecule has 0 atom stereocenters. The van der Waals surface area contributed by atoms with Crippen LogP contribution in [0.5, 0.6) is 5.75 Å². The normalized spacial score (nSPS) is 17.0. The lowest BCUT2D eigenvalue weighted by molar-refractivity contribution is 0.415. The Balaban J connectivity index is 1.70. The van der Waals surface area contributed by atoms with Gasteiger partial charge in [-0.3, -0.25) is 4.99 Å². The van der Waals surface area contributed by atoms with Gasteiger partial charge in [-0.1, -0.05) is 0 Å². The highest BCUT2D eigenvalue weighted by molar-refractivity contribution is 6.08. The van der Waals surface area contributed by atoms with Crippen LogP contribution in [0.1, 0.15) is 37.4 Å². The summed E-state index contributed by atoms with van der Waals surface area (Å²) in [6.07, 6.45) is 5.05. The maximum atomic E-state index is 5.24. The van der Waals surface area contributed by atoms with Crippen molar-refractivity contribution >= 4 is 22.9 Å². The molecule has 24 heavy (non-hydrogen) atoms.